The summed E-state index contributed by atoms with van der Waals surface area (Å²) in [6.07, 6.45) is 1.85. The van der Waals surface area contributed by atoms with Gasteiger partial charge in [0.1, 0.15) is 17.5 Å². The molecule has 2 aromatic heterocycles. The maximum Gasteiger partial charge on any atom is 0.155 e. The van der Waals surface area contributed by atoms with Gasteiger partial charge in [-0.3, -0.25) is 0 Å². The first kappa shape index (κ1) is 14.9. The normalized spacial score (nSPS) is 18.1. The van der Waals surface area contributed by atoms with Crippen LogP contribution in [0.1, 0.15) is 70.0 Å². The Morgan fingerprint density at radius 2 is 1.86 bits per heavy atom. The van der Waals surface area contributed by atoms with Gasteiger partial charge in [-0.2, -0.15) is 0 Å². The van der Waals surface area contributed by atoms with Crippen molar-refractivity contribution in [1.29, 1.82) is 0 Å². The van der Waals surface area contributed by atoms with Gasteiger partial charge in [0.2, 0.25) is 0 Å². The van der Waals surface area contributed by atoms with Crippen molar-refractivity contribution in [1.82, 2.24) is 24.7 Å². The van der Waals surface area contributed by atoms with E-state index in [4.69, 9.17) is 4.98 Å². The lowest BCUT2D eigenvalue weighted by molar-refractivity contribution is 0.476. The molecule has 6 heteroatoms. The summed E-state index contributed by atoms with van der Waals surface area (Å²) in [6.45, 7) is 12.5. The van der Waals surface area contributed by atoms with Crippen LogP contribution in [0.25, 0.3) is 0 Å². The molecule has 0 N–H and O–H groups in total. The first-order chi connectivity index (χ1) is 10.5. The van der Waals surface area contributed by atoms with Crippen LogP contribution < -0.4 is 4.90 Å². The van der Waals surface area contributed by atoms with Gasteiger partial charge >= 0.3 is 0 Å². The molecule has 0 bridgehead atoms. The lowest BCUT2D eigenvalue weighted by Crippen LogP contribution is -2.38. The average Bonchev–Trinajstić information content (AvgIpc) is 2.93. The molecule has 2 aromatic rings. The van der Waals surface area contributed by atoms with Crippen LogP contribution in [0.15, 0.2) is 12.3 Å². The first-order valence-electron chi connectivity index (χ1n) is 8.01. The van der Waals surface area contributed by atoms with Crippen LogP contribution in [-0.4, -0.2) is 31.3 Å². The maximum absolute atomic E-state index is 4.72. The van der Waals surface area contributed by atoms with Gasteiger partial charge in [0.25, 0.3) is 0 Å². The SMILES string of the molecule is CC(C)c1nccc(N2CCn3c(C(C)C)nnc3C2C)n1. The Bertz CT molecular complexity index is 660. The predicted octanol–water partition coefficient (Wildman–Crippen LogP) is 2.90. The lowest BCUT2D eigenvalue weighted by atomic mass is 10.1. The Labute approximate surface area is 131 Å². The van der Waals surface area contributed by atoms with Gasteiger partial charge in [-0.05, 0) is 13.0 Å². The quantitative estimate of drug-likeness (QED) is 0.872. The zero-order valence-electron chi connectivity index (χ0n) is 14.0. The number of nitrogens with zero attached hydrogens (tertiary/aromatic N) is 6. The standard InChI is InChI=1S/C16H24N6/c1-10(2)14-17-7-6-13(18-14)21-8-9-22-15(11(3)4)19-20-16(22)12(21)5/h6-7,10-12H,8-9H2,1-5H3. The van der Waals surface area contributed by atoms with Gasteiger partial charge < -0.3 is 9.47 Å². The minimum absolute atomic E-state index is 0.170. The van der Waals surface area contributed by atoms with E-state index in [1.54, 1.807) is 0 Å². The molecule has 6 nitrogen and oxygen atoms in total. The van der Waals surface area contributed by atoms with Crippen molar-refractivity contribution in [3.05, 3.63) is 29.7 Å². The third-order valence-electron chi connectivity index (χ3n) is 4.20. The number of hydrogen-bond donors (Lipinski definition) is 0. The van der Waals surface area contributed by atoms with Crippen molar-refractivity contribution in [2.24, 2.45) is 0 Å². The van der Waals surface area contributed by atoms with Gasteiger partial charge in [0.05, 0.1) is 6.04 Å². The van der Waals surface area contributed by atoms with Crippen LogP contribution in [0, 0.1) is 0 Å². The topological polar surface area (TPSA) is 59.7 Å². The molecular formula is C16H24N6. The fourth-order valence-electron chi connectivity index (χ4n) is 2.95. The molecule has 22 heavy (non-hydrogen) atoms. The third kappa shape index (κ3) is 2.46. The zero-order valence-corrected chi connectivity index (χ0v) is 14.0. The minimum Gasteiger partial charge on any atom is -0.345 e. The molecule has 0 radical (unpaired) electrons. The summed E-state index contributed by atoms with van der Waals surface area (Å²) in [5.41, 5.74) is 0. The summed E-state index contributed by atoms with van der Waals surface area (Å²) >= 11 is 0. The summed E-state index contributed by atoms with van der Waals surface area (Å²) in [4.78, 5) is 11.4. The Morgan fingerprint density at radius 3 is 2.55 bits per heavy atom. The van der Waals surface area contributed by atoms with E-state index in [2.05, 4.69) is 59.3 Å². The van der Waals surface area contributed by atoms with Crippen LogP contribution in [-0.2, 0) is 6.54 Å². The number of hydrogen-bond acceptors (Lipinski definition) is 5. The second-order valence-corrected chi connectivity index (χ2v) is 6.52. The van der Waals surface area contributed by atoms with Crippen molar-refractivity contribution in [3.8, 4) is 0 Å². The summed E-state index contributed by atoms with van der Waals surface area (Å²) < 4.78 is 2.26. The van der Waals surface area contributed by atoms with E-state index in [1.165, 1.54) is 0 Å². The molecule has 0 fully saturated rings. The van der Waals surface area contributed by atoms with Crippen molar-refractivity contribution >= 4 is 5.82 Å². The zero-order chi connectivity index (χ0) is 15.9. The fraction of sp³-hybridized carbons (Fsp3) is 0.625. The van der Waals surface area contributed by atoms with E-state index in [-0.39, 0.29) is 6.04 Å². The Kier molecular flexibility index (Phi) is 3.85. The molecular weight excluding hydrogens is 276 g/mol. The summed E-state index contributed by atoms with van der Waals surface area (Å²) in [5.74, 6) is 4.70. The van der Waals surface area contributed by atoms with Crippen LogP contribution >= 0.6 is 0 Å². The number of aromatic nitrogens is 5. The Balaban J connectivity index is 1.93. The van der Waals surface area contributed by atoms with E-state index < -0.39 is 0 Å². The Hall–Kier alpha value is -1.98. The average molecular weight is 300 g/mol. The van der Waals surface area contributed by atoms with Crippen molar-refractivity contribution in [3.63, 3.8) is 0 Å². The Morgan fingerprint density at radius 1 is 1.09 bits per heavy atom. The van der Waals surface area contributed by atoms with Crippen molar-refractivity contribution in [2.45, 2.75) is 59.0 Å². The van der Waals surface area contributed by atoms with E-state index in [1.807, 2.05) is 12.3 Å². The number of rotatable bonds is 3. The number of fused-ring (bicyclic) bond motifs is 1. The van der Waals surface area contributed by atoms with Gasteiger partial charge in [-0.15, -0.1) is 10.2 Å². The van der Waals surface area contributed by atoms with Crippen LogP contribution in [0.5, 0.6) is 0 Å². The highest BCUT2D eigenvalue weighted by atomic mass is 15.4. The van der Waals surface area contributed by atoms with Crippen molar-refractivity contribution < 1.29 is 0 Å². The van der Waals surface area contributed by atoms with Gasteiger partial charge in [-0.1, -0.05) is 27.7 Å². The van der Waals surface area contributed by atoms with Gasteiger partial charge in [-0.25, -0.2) is 9.97 Å². The van der Waals surface area contributed by atoms with Crippen molar-refractivity contribution in [2.75, 3.05) is 11.4 Å². The predicted molar refractivity (Wildman–Crippen MR) is 86.0 cm³/mol. The molecule has 3 rings (SSSR count). The molecule has 0 saturated carbocycles. The molecule has 0 amide bonds. The van der Waals surface area contributed by atoms with E-state index in [0.29, 0.717) is 11.8 Å². The maximum atomic E-state index is 4.72. The minimum atomic E-state index is 0.170. The van der Waals surface area contributed by atoms with Gasteiger partial charge in [0, 0.05) is 31.1 Å². The molecule has 1 atom stereocenters. The fourth-order valence-corrected chi connectivity index (χ4v) is 2.95. The lowest BCUT2D eigenvalue weighted by Gasteiger charge is -2.35. The highest BCUT2D eigenvalue weighted by molar-refractivity contribution is 5.41. The molecule has 1 aliphatic heterocycles. The van der Waals surface area contributed by atoms with E-state index >= 15 is 0 Å². The second kappa shape index (κ2) is 5.66. The summed E-state index contributed by atoms with van der Waals surface area (Å²) in [5, 5.41) is 8.80. The van der Waals surface area contributed by atoms with Crippen LogP contribution in [0.2, 0.25) is 0 Å². The molecule has 0 aliphatic carbocycles. The van der Waals surface area contributed by atoms with E-state index in [0.717, 1.165) is 36.4 Å². The molecule has 1 aliphatic rings. The van der Waals surface area contributed by atoms with E-state index in [9.17, 15) is 0 Å². The second-order valence-electron chi connectivity index (χ2n) is 6.52. The molecule has 0 spiro atoms. The molecule has 1 unspecified atom stereocenters. The highest BCUT2D eigenvalue weighted by Crippen LogP contribution is 2.30. The highest BCUT2D eigenvalue weighted by Gasteiger charge is 2.29. The van der Waals surface area contributed by atoms with Gasteiger partial charge in [0.15, 0.2) is 5.82 Å². The summed E-state index contributed by atoms with van der Waals surface area (Å²) in [6, 6.07) is 2.15. The third-order valence-corrected chi connectivity index (χ3v) is 4.20. The molecule has 0 aromatic carbocycles. The van der Waals surface area contributed by atoms with Crippen LogP contribution in [0.3, 0.4) is 0 Å². The first-order valence-corrected chi connectivity index (χ1v) is 8.01. The molecule has 3 heterocycles. The van der Waals surface area contributed by atoms with Crippen LogP contribution in [0.4, 0.5) is 5.82 Å². The largest absolute Gasteiger partial charge is 0.345 e. The number of anilines is 1. The monoisotopic (exact) mass is 300 g/mol. The smallest absolute Gasteiger partial charge is 0.155 e. The summed E-state index contributed by atoms with van der Waals surface area (Å²) in [7, 11) is 0. The molecule has 118 valence electrons. The molecule has 0 saturated heterocycles.